The zero-order valence-electron chi connectivity index (χ0n) is 25.5. The first-order chi connectivity index (χ1) is 19.2. The normalized spacial score (nSPS) is 14.1. The van der Waals surface area contributed by atoms with Crippen LogP contribution >= 0.6 is 0 Å². The van der Waals surface area contributed by atoms with Crippen molar-refractivity contribution < 1.29 is 9.90 Å². The molecular formula is C39H40O2. The van der Waals surface area contributed by atoms with Gasteiger partial charge in [-0.05, 0) is 102 Å². The van der Waals surface area contributed by atoms with Crippen LogP contribution in [0.15, 0.2) is 96.1 Å². The Morgan fingerprint density at radius 3 is 1.85 bits per heavy atom. The van der Waals surface area contributed by atoms with Gasteiger partial charge in [0.1, 0.15) is 0 Å². The van der Waals surface area contributed by atoms with Crippen molar-refractivity contribution in [2.45, 2.75) is 66.2 Å². The Labute approximate surface area is 243 Å². The first-order valence-electron chi connectivity index (χ1n) is 14.4. The van der Waals surface area contributed by atoms with Crippen molar-refractivity contribution in [3.8, 4) is 0 Å². The molecule has 0 fully saturated rings. The molecule has 5 aromatic carbocycles. The molecule has 41 heavy (non-hydrogen) atoms. The van der Waals surface area contributed by atoms with E-state index in [1.165, 1.54) is 65.9 Å². The molecule has 0 saturated heterocycles. The molecule has 0 saturated carbocycles. The van der Waals surface area contributed by atoms with Crippen LogP contribution in [0.3, 0.4) is 0 Å². The Bertz CT molecular complexity index is 1860. The van der Waals surface area contributed by atoms with Gasteiger partial charge in [0.05, 0.1) is 0 Å². The summed E-state index contributed by atoms with van der Waals surface area (Å²) < 4.78 is 0. The molecule has 2 nitrogen and oxygen atoms in total. The van der Waals surface area contributed by atoms with Gasteiger partial charge in [-0.1, -0.05) is 120 Å². The van der Waals surface area contributed by atoms with Crippen molar-refractivity contribution in [3.05, 3.63) is 113 Å². The molecule has 0 spiro atoms. The Morgan fingerprint density at radius 2 is 1.27 bits per heavy atom. The van der Waals surface area contributed by atoms with Gasteiger partial charge in [-0.2, -0.15) is 0 Å². The first kappa shape index (κ1) is 28.4. The van der Waals surface area contributed by atoms with E-state index in [2.05, 4.69) is 115 Å². The first-order valence-corrected chi connectivity index (χ1v) is 14.4. The minimum atomic E-state index is -0.932. The molecule has 5 aromatic rings. The van der Waals surface area contributed by atoms with Crippen LogP contribution in [0.4, 0.5) is 0 Å². The third-order valence-electron chi connectivity index (χ3n) is 8.03. The number of carbonyl (C=O) groups is 1. The predicted molar refractivity (Wildman–Crippen MR) is 178 cm³/mol. The van der Waals surface area contributed by atoms with Crippen LogP contribution in [0.2, 0.25) is 0 Å². The van der Waals surface area contributed by atoms with E-state index in [9.17, 15) is 4.79 Å². The Kier molecular flexibility index (Phi) is 7.15. The largest absolute Gasteiger partial charge is 0.478 e. The van der Waals surface area contributed by atoms with E-state index in [0.29, 0.717) is 5.57 Å². The van der Waals surface area contributed by atoms with E-state index in [4.69, 9.17) is 5.11 Å². The van der Waals surface area contributed by atoms with E-state index in [1.54, 1.807) is 6.92 Å². The molecule has 208 valence electrons. The summed E-state index contributed by atoms with van der Waals surface area (Å²) >= 11 is 0. The molecule has 0 unspecified atom stereocenters. The van der Waals surface area contributed by atoms with Gasteiger partial charge in [0.15, 0.2) is 0 Å². The van der Waals surface area contributed by atoms with Gasteiger partial charge in [0.2, 0.25) is 0 Å². The van der Waals surface area contributed by atoms with Gasteiger partial charge >= 0.3 is 5.97 Å². The van der Waals surface area contributed by atoms with Gasteiger partial charge in [-0.3, -0.25) is 0 Å². The summed E-state index contributed by atoms with van der Waals surface area (Å²) in [7, 11) is 0. The zero-order chi connectivity index (χ0) is 29.7. The third-order valence-corrected chi connectivity index (χ3v) is 8.03. The zero-order valence-corrected chi connectivity index (χ0v) is 25.5. The number of aliphatic carboxylic acids is 1. The number of hydrogen-bond acceptors (Lipinski definition) is 1. The Morgan fingerprint density at radius 1 is 0.683 bits per heavy atom. The third kappa shape index (κ3) is 5.57. The molecule has 0 aliphatic rings. The highest BCUT2D eigenvalue weighted by atomic mass is 16.4. The average molecular weight is 541 g/mol. The molecule has 0 aromatic heterocycles. The quantitative estimate of drug-likeness (QED) is 0.104. The van der Waals surface area contributed by atoms with Crippen LogP contribution in [0.25, 0.3) is 49.2 Å². The summed E-state index contributed by atoms with van der Waals surface area (Å²) in [5.41, 5.74) is 5.77. The summed E-state index contributed by atoms with van der Waals surface area (Å²) in [6, 6.07) is 20.9. The highest BCUT2D eigenvalue weighted by Crippen LogP contribution is 2.44. The van der Waals surface area contributed by atoms with Gasteiger partial charge in [-0.15, -0.1) is 0 Å². The van der Waals surface area contributed by atoms with Crippen molar-refractivity contribution in [2.24, 2.45) is 0 Å². The second-order valence-electron chi connectivity index (χ2n) is 13.4. The lowest BCUT2D eigenvalue weighted by Gasteiger charge is -2.25. The van der Waals surface area contributed by atoms with Crippen LogP contribution in [0.5, 0.6) is 0 Å². The van der Waals surface area contributed by atoms with E-state index in [1.807, 2.05) is 18.2 Å². The molecule has 0 atom stereocenters. The summed E-state index contributed by atoms with van der Waals surface area (Å²) in [6.45, 7) is 17.6. The number of benzene rings is 5. The Hall–Kier alpha value is -4.17. The molecule has 0 bridgehead atoms. The second kappa shape index (κ2) is 10.3. The monoisotopic (exact) mass is 540 g/mol. The summed E-state index contributed by atoms with van der Waals surface area (Å²) in [5, 5.41) is 19.4. The molecule has 2 heteroatoms. The minimum Gasteiger partial charge on any atom is -0.478 e. The fourth-order valence-corrected chi connectivity index (χ4v) is 5.70. The molecule has 0 heterocycles. The van der Waals surface area contributed by atoms with E-state index in [0.717, 1.165) is 5.57 Å². The standard InChI is InChI=1S/C39H40O2/c1-24(11-9-12-25(2)19-35(40)41)15-16-26-17-18-32-34-23-29(39(6,7)8)21-27-20-28(38(3,4)5)22-33(36(27)34)31-14-10-13-30(26)37(31)32/h9-23H,1-8H3,(H,40,41)/b12-9+,16-15+,24-11+,25-19+. The molecule has 5 rings (SSSR count). The lowest BCUT2D eigenvalue weighted by molar-refractivity contribution is -0.131. The molecule has 0 amide bonds. The molecule has 1 N–H and O–H groups in total. The van der Waals surface area contributed by atoms with Crippen LogP contribution in [0.1, 0.15) is 72.1 Å². The lowest BCUT2D eigenvalue weighted by Crippen LogP contribution is -2.12. The van der Waals surface area contributed by atoms with Crippen LogP contribution in [-0.4, -0.2) is 11.1 Å². The van der Waals surface area contributed by atoms with Gasteiger partial charge < -0.3 is 5.11 Å². The molecule has 0 aliphatic heterocycles. The maximum absolute atomic E-state index is 10.9. The number of hydrogen-bond donors (Lipinski definition) is 1. The topological polar surface area (TPSA) is 37.3 Å². The number of rotatable bonds is 5. The second-order valence-corrected chi connectivity index (χ2v) is 13.4. The van der Waals surface area contributed by atoms with Crippen molar-refractivity contribution in [1.82, 2.24) is 0 Å². The number of allylic oxidation sites excluding steroid dienone is 6. The maximum atomic E-state index is 10.9. The van der Waals surface area contributed by atoms with Gasteiger partial charge in [0.25, 0.3) is 0 Å². The van der Waals surface area contributed by atoms with Crippen molar-refractivity contribution in [2.75, 3.05) is 0 Å². The van der Waals surface area contributed by atoms with E-state index < -0.39 is 5.97 Å². The highest BCUT2D eigenvalue weighted by molar-refractivity contribution is 6.33. The number of fused-ring (bicyclic) bond motifs is 2. The summed E-state index contributed by atoms with van der Waals surface area (Å²) in [5.74, 6) is -0.932. The van der Waals surface area contributed by atoms with Gasteiger partial charge in [0, 0.05) is 6.08 Å². The van der Waals surface area contributed by atoms with Crippen molar-refractivity contribution in [1.29, 1.82) is 0 Å². The molecular weight excluding hydrogens is 500 g/mol. The van der Waals surface area contributed by atoms with Gasteiger partial charge in [-0.25, -0.2) is 4.79 Å². The minimum absolute atomic E-state index is 0.0433. The lowest BCUT2D eigenvalue weighted by atomic mass is 9.79. The average Bonchev–Trinajstić information content (AvgIpc) is 2.88. The van der Waals surface area contributed by atoms with Crippen molar-refractivity contribution in [3.63, 3.8) is 0 Å². The SMILES string of the molecule is CC(/C=C/c1ccc2c3cc(C(C)(C)C)cc4cc(C(C)(C)C)cc(c5cccc1c52)c43)=C\C=C\C(C)=C\C(=O)O. The Balaban J connectivity index is 1.74. The van der Waals surface area contributed by atoms with Crippen LogP contribution < -0.4 is 0 Å². The summed E-state index contributed by atoms with van der Waals surface area (Å²) in [6.07, 6.45) is 11.2. The highest BCUT2D eigenvalue weighted by Gasteiger charge is 2.22. The fourth-order valence-electron chi connectivity index (χ4n) is 5.70. The van der Waals surface area contributed by atoms with E-state index in [-0.39, 0.29) is 10.8 Å². The number of carboxylic acids is 1. The van der Waals surface area contributed by atoms with E-state index >= 15 is 0 Å². The summed E-state index contributed by atoms with van der Waals surface area (Å²) in [4.78, 5) is 10.9. The molecule has 0 radical (unpaired) electrons. The fraction of sp³-hybridized carbons (Fsp3) is 0.256. The predicted octanol–water partition coefficient (Wildman–Crippen LogP) is 10.9. The van der Waals surface area contributed by atoms with Crippen LogP contribution in [-0.2, 0) is 15.6 Å². The maximum Gasteiger partial charge on any atom is 0.328 e. The smallest absolute Gasteiger partial charge is 0.328 e. The number of carboxylic acid groups (broad SMARTS) is 1. The molecule has 0 aliphatic carbocycles. The van der Waals surface area contributed by atoms with Crippen LogP contribution in [0, 0.1) is 0 Å². The van der Waals surface area contributed by atoms with Crippen molar-refractivity contribution >= 4 is 55.1 Å².